The number of nitrogens with zero attached hydrogens (tertiary/aromatic N) is 3. The predicted octanol–water partition coefficient (Wildman–Crippen LogP) is 0.950. The Morgan fingerprint density at radius 2 is 1.63 bits per heavy atom. The number of carbonyl (C=O) groups is 2. The molecule has 27 heavy (non-hydrogen) atoms. The van der Waals surface area contributed by atoms with Crippen LogP contribution in [-0.4, -0.2) is 74.1 Å². The molecule has 0 N–H and O–H groups in total. The summed E-state index contributed by atoms with van der Waals surface area (Å²) in [5.41, 5.74) is 1.10. The Morgan fingerprint density at radius 1 is 1.04 bits per heavy atom. The maximum absolute atomic E-state index is 12.8. The van der Waals surface area contributed by atoms with Crippen molar-refractivity contribution in [2.24, 2.45) is 5.92 Å². The quantitative estimate of drug-likeness (QED) is 0.698. The summed E-state index contributed by atoms with van der Waals surface area (Å²) in [6, 6.07) is 7.03. The van der Waals surface area contributed by atoms with E-state index < -0.39 is 10.0 Å². The number of rotatable bonds is 5. The van der Waals surface area contributed by atoms with Gasteiger partial charge in [-0.2, -0.15) is 4.31 Å². The first kappa shape index (κ1) is 19.8. The van der Waals surface area contributed by atoms with Crippen LogP contribution in [0.25, 0.3) is 0 Å². The van der Waals surface area contributed by atoms with Gasteiger partial charge in [0.2, 0.25) is 22.3 Å². The van der Waals surface area contributed by atoms with E-state index in [2.05, 4.69) is 0 Å². The Morgan fingerprint density at radius 3 is 2.15 bits per heavy atom. The van der Waals surface area contributed by atoms with Gasteiger partial charge in [-0.25, -0.2) is 8.42 Å². The first-order chi connectivity index (χ1) is 13.0. The summed E-state index contributed by atoms with van der Waals surface area (Å²) in [6.45, 7) is 5.00. The van der Waals surface area contributed by atoms with Crippen molar-refractivity contribution in [3.63, 3.8) is 0 Å². The van der Waals surface area contributed by atoms with Gasteiger partial charge in [0.05, 0.1) is 4.90 Å². The minimum absolute atomic E-state index is 0.0879. The number of aryl methyl sites for hydroxylation is 1. The molecule has 0 bridgehead atoms. The SMILES string of the molecule is CCc1ccc(S(=O)(=O)N2CCC(C(=O)N3CCN(C=O)CC3)CC2)cc1. The first-order valence-electron chi connectivity index (χ1n) is 9.53. The molecule has 0 atom stereocenters. The molecular weight excluding hydrogens is 366 g/mol. The minimum Gasteiger partial charge on any atom is -0.342 e. The van der Waals surface area contributed by atoms with E-state index in [4.69, 9.17) is 0 Å². The lowest BCUT2D eigenvalue weighted by Crippen LogP contribution is -2.51. The van der Waals surface area contributed by atoms with Gasteiger partial charge in [-0.15, -0.1) is 0 Å². The normalized spacial score (nSPS) is 19.9. The number of sulfonamides is 1. The Kier molecular flexibility index (Phi) is 6.16. The first-order valence-corrected chi connectivity index (χ1v) is 11.0. The summed E-state index contributed by atoms with van der Waals surface area (Å²) in [5.74, 6) is -0.0494. The second-order valence-electron chi connectivity index (χ2n) is 7.14. The van der Waals surface area contributed by atoms with Crippen molar-refractivity contribution in [1.82, 2.24) is 14.1 Å². The van der Waals surface area contributed by atoms with Gasteiger partial charge in [0.25, 0.3) is 0 Å². The Labute approximate surface area is 161 Å². The largest absolute Gasteiger partial charge is 0.342 e. The number of hydrogen-bond donors (Lipinski definition) is 0. The van der Waals surface area contributed by atoms with Crippen LogP contribution in [0, 0.1) is 5.92 Å². The molecule has 0 unspecified atom stereocenters. The van der Waals surface area contributed by atoms with Crippen LogP contribution in [0.2, 0.25) is 0 Å². The molecular formula is C19H27N3O4S. The molecule has 2 aliphatic heterocycles. The van der Waals surface area contributed by atoms with Crippen molar-refractivity contribution in [2.45, 2.75) is 31.1 Å². The zero-order valence-corrected chi connectivity index (χ0v) is 16.5. The molecule has 2 aliphatic rings. The summed E-state index contributed by atoms with van der Waals surface area (Å²) in [4.78, 5) is 27.3. The zero-order valence-electron chi connectivity index (χ0n) is 15.7. The fraction of sp³-hybridized carbons (Fsp3) is 0.579. The maximum Gasteiger partial charge on any atom is 0.243 e. The molecule has 2 fully saturated rings. The molecule has 0 spiro atoms. The molecule has 2 amide bonds. The van der Waals surface area contributed by atoms with Crippen LogP contribution in [0.3, 0.4) is 0 Å². The van der Waals surface area contributed by atoms with Crippen molar-refractivity contribution in [3.8, 4) is 0 Å². The number of carbonyl (C=O) groups excluding carboxylic acids is 2. The lowest BCUT2D eigenvalue weighted by Gasteiger charge is -2.37. The van der Waals surface area contributed by atoms with Crippen LogP contribution in [0.1, 0.15) is 25.3 Å². The summed E-state index contributed by atoms with van der Waals surface area (Å²) in [7, 11) is -3.51. The summed E-state index contributed by atoms with van der Waals surface area (Å²) < 4.78 is 27.1. The highest BCUT2D eigenvalue weighted by molar-refractivity contribution is 7.89. The summed E-state index contributed by atoms with van der Waals surface area (Å²) in [6.07, 6.45) is 2.77. The average molecular weight is 394 g/mol. The van der Waals surface area contributed by atoms with Crippen LogP contribution in [-0.2, 0) is 26.0 Å². The maximum atomic E-state index is 12.8. The van der Waals surface area contributed by atoms with E-state index in [1.165, 1.54) is 4.31 Å². The van der Waals surface area contributed by atoms with Crippen LogP contribution < -0.4 is 0 Å². The van der Waals surface area contributed by atoms with E-state index in [0.29, 0.717) is 57.0 Å². The third kappa shape index (κ3) is 4.32. The second kappa shape index (κ2) is 8.39. The number of hydrogen-bond acceptors (Lipinski definition) is 4. The lowest BCUT2D eigenvalue weighted by atomic mass is 9.96. The molecule has 148 valence electrons. The summed E-state index contributed by atoms with van der Waals surface area (Å²) >= 11 is 0. The molecule has 2 heterocycles. The highest BCUT2D eigenvalue weighted by Crippen LogP contribution is 2.25. The van der Waals surface area contributed by atoms with E-state index in [0.717, 1.165) is 18.4 Å². The van der Waals surface area contributed by atoms with Crippen LogP contribution in [0.15, 0.2) is 29.2 Å². The molecule has 0 saturated carbocycles. The molecule has 3 rings (SSSR count). The highest BCUT2D eigenvalue weighted by Gasteiger charge is 2.34. The van der Waals surface area contributed by atoms with Gasteiger partial charge in [0.1, 0.15) is 0 Å². The molecule has 2 saturated heterocycles. The summed E-state index contributed by atoms with van der Waals surface area (Å²) in [5, 5.41) is 0. The van der Waals surface area contributed by atoms with Gasteiger partial charge in [0.15, 0.2) is 0 Å². The lowest BCUT2D eigenvalue weighted by molar-refractivity contribution is -0.140. The third-order valence-corrected chi connectivity index (χ3v) is 7.46. The van der Waals surface area contributed by atoms with E-state index in [-0.39, 0.29) is 11.8 Å². The van der Waals surface area contributed by atoms with Gasteiger partial charge in [-0.3, -0.25) is 9.59 Å². The molecule has 0 aromatic heterocycles. The van der Waals surface area contributed by atoms with E-state index in [1.807, 2.05) is 19.1 Å². The molecule has 1 aromatic carbocycles. The van der Waals surface area contributed by atoms with E-state index in [9.17, 15) is 18.0 Å². The standard InChI is InChI=1S/C19H27N3O4S/c1-2-16-3-5-18(6-4-16)27(25,26)22-9-7-17(8-10-22)19(24)21-13-11-20(15-23)12-14-21/h3-6,15,17H,2,7-14H2,1H3. The van der Waals surface area contributed by atoms with Crippen molar-refractivity contribution in [3.05, 3.63) is 29.8 Å². The van der Waals surface area contributed by atoms with Crippen LogP contribution in [0.4, 0.5) is 0 Å². The van der Waals surface area contributed by atoms with Gasteiger partial charge >= 0.3 is 0 Å². The minimum atomic E-state index is -3.51. The van der Waals surface area contributed by atoms with E-state index >= 15 is 0 Å². The van der Waals surface area contributed by atoms with Crippen molar-refractivity contribution in [2.75, 3.05) is 39.3 Å². The number of amides is 2. The molecule has 0 aliphatic carbocycles. The Balaban J connectivity index is 1.57. The van der Waals surface area contributed by atoms with Crippen molar-refractivity contribution >= 4 is 22.3 Å². The fourth-order valence-corrected chi connectivity index (χ4v) is 5.16. The topological polar surface area (TPSA) is 78.0 Å². The van der Waals surface area contributed by atoms with Gasteiger partial charge in [-0.05, 0) is 37.0 Å². The monoisotopic (exact) mass is 393 g/mol. The predicted molar refractivity (Wildman–Crippen MR) is 102 cm³/mol. The smallest absolute Gasteiger partial charge is 0.243 e. The van der Waals surface area contributed by atoms with Crippen molar-refractivity contribution in [1.29, 1.82) is 0 Å². The zero-order chi connectivity index (χ0) is 19.4. The Bertz CT molecular complexity index is 763. The number of piperazine rings is 1. The number of piperidine rings is 1. The van der Waals surface area contributed by atoms with Crippen LogP contribution >= 0.6 is 0 Å². The number of benzene rings is 1. The molecule has 0 radical (unpaired) electrons. The van der Waals surface area contributed by atoms with Gasteiger partial charge in [-0.1, -0.05) is 19.1 Å². The highest BCUT2D eigenvalue weighted by atomic mass is 32.2. The fourth-order valence-electron chi connectivity index (χ4n) is 3.70. The molecule has 7 nitrogen and oxygen atoms in total. The molecule has 8 heteroatoms. The molecule has 1 aromatic rings. The van der Waals surface area contributed by atoms with Crippen LogP contribution in [0.5, 0.6) is 0 Å². The average Bonchev–Trinajstić information content (AvgIpc) is 2.73. The van der Waals surface area contributed by atoms with Crippen molar-refractivity contribution < 1.29 is 18.0 Å². The van der Waals surface area contributed by atoms with E-state index in [1.54, 1.807) is 21.9 Å². The van der Waals surface area contributed by atoms with Gasteiger partial charge in [0, 0.05) is 45.2 Å². The second-order valence-corrected chi connectivity index (χ2v) is 9.08. The Hall–Kier alpha value is -1.93. The third-order valence-electron chi connectivity index (χ3n) is 5.55. The van der Waals surface area contributed by atoms with Gasteiger partial charge < -0.3 is 9.80 Å².